The molecular weight excluding hydrogens is 310 g/mol. The standard InChI is InChI=1S/C17H21N3O2S/c1-4-15(13-8-6-5-7-9-13)14-10-11-17(16(18)12-14)19-23(21,22)20(2)3/h4-12,19H,18H2,1-3H3. The van der Waals surface area contributed by atoms with Gasteiger partial charge in [-0.25, -0.2) is 0 Å². The first kappa shape index (κ1) is 17.1. The molecule has 0 aliphatic carbocycles. The van der Waals surface area contributed by atoms with Crippen LogP contribution in [0.1, 0.15) is 18.1 Å². The third-order valence-electron chi connectivity index (χ3n) is 3.46. The fraction of sp³-hybridized carbons (Fsp3) is 0.176. The maximum Gasteiger partial charge on any atom is 0.301 e. The predicted molar refractivity (Wildman–Crippen MR) is 96.3 cm³/mol. The fourth-order valence-electron chi connectivity index (χ4n) is 2.17. The minimum atomic E-state index is -3.58. The van der Waals surface area contributed by atoms with Crippen molar-refractivity contribution in [2.75, 3.05) is 24.6 Å². The van der Waals surface area contributed by atoms with Gasteiger partial charge in [-0.2, -0.15) is 12.7 Å². The fourth-order valence-corrected chi connectivity index (χ4v) is 2.82. The van der Waals surface area contributed by atoms with Crippen molar-refractivity contribution in [2.24, 2.45) is 0 Å². The van der Waals surface area contributed by atoms with Gasteiger partial charge in [0.25, 0.3) is 0 Å². The van der Waals surface area contributed by atoms with Gasteiger partial charge in [0, 0.05) is 14.1 Å². The first-order valence-electron chi connectivity index (χ1n) is 7.17. The average molecular weight is 331 g/mol. The summed E-state index contributed by atoms with van der Waals surface area (Å²) in [6, 6.07) is 15.3. The first-order chi connectivity index (χ1) is 10.8. The quantitative estimate of drug-likeness (QED) is 0.827. The summed E-state index contributed by atoms with van der Waals surface area (Å²) in [5.41, 5.74) is 9.83. The lowest BCUT2D eigenvalue weighted by Crippen LogP contribution is -2.29. The van der Waals surface area contributed by atoms with Crippen LogP contribution in [0.5, 0.6) is 0 Å². The van der Waals surface area contributed by atoms with Crippen molar-refractivity contribution < 1.29 is 8.42 Å². The summed E-state index contributed by atoms with van der Waals surface area (Å²) in [7, 11) is -0.659. The molecule has 0 aliphatic heterocycles. The molecule has 2 aromatic rings. The van der Waals surface area contributed by atoms with E-state index in [2.05, 4.69) is 4.72 Å². The number of allylic oxidation sites excluding steroid dienone is 1. The second-order valence-electron chi connectivity index (χ2n) is 5.26. The van der Waals surface area contributed by atoms with Gasteiger partial charge in [0.1, 0.15) is 0 Å². The van der Waals surface area contributed by atoms with E-state index in [1.54, 1.807) is 12.1 Å². The molecule has 5 nitrogen and oxygen atoms in total. The van der Waals surface area contributed by atoms with Gasteiger partial charge in [-0.05, 0) is 35.8 Å². The number of hydrogen-bond acceptors (Lipinski definition) is 3. The van der Waals surface area contributed by atoms with Gasteiger partial charge < -0.3 is 5.73 Å². The molecule has 23 heavy (non-hydrogen) atoms. The third-order valence-corrected chi connectivity index (χ3v) is 4.89. The molecule has 0 atom stereocenters. The number of nitrogens with zero attached hydrogens (tertiary/aromatic N) is 1. The molecule has 3 N–H and O–H groups in total. The number of nitrogens with one attached hydrogen (secondary N) is 1. The molecule has 0 spiro atoms. The topological polar surface area (TPSA) is 75.4 Å². The Bertz CT molecular complexity index is 813. The summed E-state index contributed by atoms with van der Waals surface area (Å²) in [6.45, 7) is 1.96. The average Bonchev–Trinajstić information content (AvgIpc) is 2.51. The Hall–Kier alpha value is -2.31. The van der Waals surface area contributed by atoms with Crippen LogP contribution in [0.15, 0.2) is 54.6 Å². The number of nitrogen functional groups attached to an aromatic ring is 1. The Labute approximate surface area is 137 Å². The highest BCUT2D eigenvalue weighted by atomic mass is 32.2. The highest BCUT2D eigenvalue weighted by Gasteiger charge is 2.15. The molecule has 122 valence electrons. The lowest BCUT2D eigenvalue weighted by molar-refractivity contribution is 0.527. The molecule has 0 amide bonds. The number of nitrogens with two attached hydrogens (primary N) is 1. The molecule has 6 heteroatoms. The molecule has 0 heterocycles. The van der Waals surface area contributed by atoms with Crippen LogP contribution in [0.2, 0.25) is 0 Å². The van der Waals surface area contributed by atoms with Crippen LogP contribution < -0.4 is 10.5 Å². The van der Waals surface area contributed by atoms with Crippen molar-refractivity contribution in [1.82, 2.24) is 4.31 Å². The molecule has 0 saturated carbocycles. The van der Waals surface area contributed by atoms with Crippen molar-refractivity contribution in [1.29, 1.82) is 0 Å². The summed E-state index contributed by atoms with van der Waals surface area (Å²) in [6.07, 6.45) is 2.01. The van der Waals surface area contributed by atoms with Gasteiger partial charge in [0.15, 0.2) is 0 Å². The van der Waals surface area contributed by atoms with Crippen molar-refractivity contribution in [3.8, 4) is 0 Å². The van der Waals surface area contributed by atoms with Crippen LogP contribution in [0.25, 0.3) is 5.57 Å². The number of benzene rings is 2. The Morgan fingerprint density at radius 2 is 1.74 bits per heavy atom. The van der Waals surface area contributed by atoms with Crippen molar-refractivity contribution in [2.45, 2.75) is 6.92 Å². The zero-order valence-corrected chi connectivity index (χ0v) is 14.3. The minimum Gasteiger partial charge on any atom is -0.397 e. The molecule has 2 aromatic carbocycles. The third kappa shape index (κ3) is 3.91. The van der Waals surface area contributed by atoms with Crippen LogP contribution in [0.4, 0.5) is 11.4 Å². The van der Waals surface area contributed by atoms with E-state index in [0.717, 1.165) is 21.0 Å². The number of hydrogen-bond donors (Lipinski definition) is 2. The normalized spacial score (nSPS) is 12.4. The summed E-state index contributed by atoms with van der Waals surface area (Å²) in [5, 5.41) is 0. The second kappa shape index (κ2) is 6.85. The van der Waals surface area contributed by atoms with Crippen LogP contribution in [-0.4, -0.2) is 26.8 Å². The zero-order valence-electron chi connectivity index (χ0n) is 13.4. The molecule has 0 saturated heterocycles. The molecule has 0 fully saturated rings. The van der Waals surface area contributed by atoms with Gasteiger partial charge in [0.2, 0.25) is 0 Å². The smallest absolute Gasteiger partial charge is 0.301 e. The Balaban J connectivity index is 2.36. The van der Waals surface area contributed by atoms with E-state index in [-0.39, 0.29) is 0 Å². The van der Waals surface area contributed by atoms with E-state index in [1.807, 2.05) is 49.4 Å². The molecule has 0 unspecified atom stereocenters. The maximum atomic E-state index is 11.9. The van der Waals surface area contributed by atoms with E-state index in [1.165, 1.54) is 14.1 Å². The van der Waals surface area contributed by atoms with Crippen molar-refractivity contribution >= 4 is 27.2 Å². The Kier molecular flexibility index (Phi) is 5.08. The highest BCUT2D eigenvalue weighted by molar-refractivity contribution is 7.90. The SMILES string of the molecule is CC=C(c1ccccc1)c1ccc(NS(=O)(=O)N(C)C)c(N)c1. The Morgan fingerprint density at radius 1 is 1.09 bits per heavy atom. The van der Waals surface area contributed by atoms with Gasteiger partial charge in [-0.3, -0.25) is 4.72 Å². The molecule has 2 rings (SSSR count). The summed E-state index contributed by atoms with van der Waals surface area (Å²) >= 11 is 0. The summed E-state index contributed by atoms with van der Waals surface area (Å²) in [5.74, 6) is 0. The van der Waals surface area contributed by atoms with E-state index in [9.17, 15) is 8.42 Å². The van der Waals surface area contributed by atoms with E-state index in [0.29, 0.717) is 11.4 Å². The van der Waals surface area contributed by atoms with Gasteiger partial charge in [0.05, 0.1) is 11.4 Å². The van der Waals surface area contributed by atoms with Crippen molar-refractivity contribution in [3.05, 3.63) is 65.7 Å². The minimum absolute atomic E-state index is 0.367. The molecule has 0 aromatic heterocycles. The first-order valence-corrected chi connectivity index (χ1v) is 8.61. The lowest BCUT2D eigenvalue weighted by Gasteiger charge is -2.16. The zero-order chi connectivity index (χ0) is 17.0. The highest BCUT2D eigenvalue weighted by Crippen LogP contribution is 2.29. The number of rotatable bonds is 5. The predicted octanol–water partition coefficient (Wildman–Crippen LogP) is 2.94. The van der Waals surface area contributed by atoms with E-state index in [4.69, 9.17) is 5.73 Å². The van der Waals surface area contributed by atoms with Gasteiger partial charge in [-0.1, -0.05) is 42.5 Å². The van der Waals surface area contributed by atoms with Crippen LogP contribution in [0.3, 0.4) is 0 Å². The van der Waals surface area contributed by atoms with Crippen LogP contribution in [-0.2, 0) is 10.2 Å². The largest absolute Gasteiger partial charge is 0.397 e. The van der Waals surface area contributed by atoms with Gasteiger partial charge >= 0.3 is 10.2 Å². The maximum absolute atomic E-state index is 11.9. The molecular formula is C17H21N3O2S. The van der Waals surface area contributed by atoms with Crippen LogP contribution >= 0.6 is 0 Å². The molecule has 0 bridgehead atoms. The monoisotopic (exact) mass is 331 g/mol. The number of anilines is 2. The second-order valence-corrected chi connectivity index (χ2v) is 7.14. The van der Waals surface area contributed by atoms with Crippen LogP contribution in [0, 0.1) is 0 Å². The van der Waals surface area contributed by atoms with E-state index < -0.39 is 10.2 Å². The van der Waals surface area contributed by atoms with Crippen molar-refractivity contribution in [3.63, 3.8) is 0 Å². The summed E-state index contributed by atoms with van der Waals surface area (Å²) in [4.78, 5) is 0. The summed E-state index contributed by atoms with van der Waals surface area (Å²) < 4.78 is 27.4. The lowest BCUT2D eigenvalue weighted by atomic mass is 9.97. The molecule has 0 aliphatic rings. The molecule has 0 radical (unpaired) electrons. The van der Waals surface area contributed by atoms with E-state index >= 15 is 0 Å². The van der Waals surface area contributed by atoms with Gasteiger partial charge in [-0.15, -0.1) is 0 Å². The Morgan fingerprint density at radius 3 is 2.26 bits per heavy atom.